The van der Waals surface area contributed by atoms with E-state index in [9.17, 15) is 9.59 Å². The van der Waals surface area contributed by atoms with Crippen LogP contribution in [0.1, 0.15) is 47.0 Å². The van der Waals surface area contributed by atoms with E-state index in [4.69, 9.17) is 16.3 Å². The fourth-order valence-electron chi connectivity index (χ4n) is 3.06. The lowest BCUT2D eigenvalue weighted by molar-refractivity contribution is 0.102. The van der Waals surface area contributed by atoms with E-state index >= 15 is 0 Å². The van der Waals surface area contributed by atoms with Crippen LogP contribution in [0, 0.1) is 0 Å². The Hall–Kier alpha value is -2.23. The molecule has 8 nitrogen and oxygen atoms in total. The summed E-state index contributed by atoms with van der Waals surface area (Å²) in [6, 6.07) is 6.56. The number of hydrogen-bond donors (Lipinski definition) is 2. The van der Waals surface area contributed by atoms with Gasteiger partial charge in [0.15, 0.2) is 0 Å². The second kappa shape index (κ2) is 10.5. The predicted molar refractivity (Wildman–Crippen MR) is 113 cm³/mol. The van der Waals surface area contributed by atoms with Gasteiger partial charge in [-0.05, 0) is 50.5 Å². The van der Waals surface area contributed by atoms with Gasteiger partial charge in [-0.2, -0.15) is 0 Å². The number of aromatic nitrogens is 2. The zero-order valence-corrected chi connectivity index (χ0v) is 17.8. The summed E-state index contributed by atoms with van der Waals surface area (Å²) in [6.07, 6.45) is 2.47. The first-order chi connectivity index (χ1) is 14.1. The van der Waals surface area contributed by atoms with Crippen LogP contribution in [-0.4, -0.2) is 53.3 Å². The van der Waals surface area contributed by atoms with Crippen molar-refractivity contribution in [2.45, 2.75) is 32.2 Å². The molecule has 1 fully saturated rings. The number of halogens is 1. The number of carbonyl (C=O) groups excluding carboxylic acids is 2. The van der Waals surface area contributed by atoms with E-state index in [1.165, 1.54) is 11.3 Å². The fraction of sp³-hybridized carbons (Fsp3) is 0.474. The van der Waals surface area contributed by atoms with Crippen molar-refractivity contribution >= 4 is 40.6 Å². The molecule has 0 radical (unpaired) electrons. The van der Waals surface area contributed by atoms with Crippen molar-refractivity contribution in [1.29, 1.82) is 0 Å². The Kier molecular flexibility index (Phi) is 7.79. The number of likely N-dealkylation sites (tertiary alicyclic amines) is 1. The largest absolute Gasteiger partial charge is 0.382 e. The second-order valence-electron chi connectivity index (χ2n) is 6.54. The molecular formula is C19H24ClN5O3S. The fourth-order valence-corrected chi connectivity index (χ4v) is 4.07. The number of carbonyl (C=O) groups is 2. The highest BCUT2D eigenvalue weighted by Crippen LogP contribution is 2.33. The van der Waals surface area contributed by atoms with E-state index in [1.807, 2.05) is 6.92 Å². The van der Waals surface area contributed by atoms with Crippen molar-refractivity contribution in [2.24, 2.45) is 0 Å². The summed E-state index contributed by atoms with van der Waals surface area (Å²) >= 11 is 7.07. The van der Waals surface area contributed by atoms with Gasteiger partial charge in [0, 0.05) is 37.0 Å². The van der Waals surface area contributed by atoms with Crippen molar-refractivity contribution < 1.29 is 14.3 Å². The topological polar surface area (TPSA) is 96.4 Å². The van der Waals surface area contributed by atoms with Crippen molar-refractivity contribution in [3.8, 4) is 0 Å². The third-order valence-corrected chi connectivity index (χ3v) is 5.76. The number of rotatable bonds is 8. The second-order valence-corrected chi connectivity index (χ2v) is 7.99. The molecule has 1 aliphatic heterocycles. The molecule has 0 aliphatic carbocycles. The Morgan fingerprint density at radius 2 is 2.10 bits per heavy atom. The van der Waals surface area contributed by atoms with Crippen molar-refractivity contribution in [3.05, 3.63) is 39.3 Å². The monoisotopic (exact) mass is 437 g/mol. The summed E-state index contributed by atoms with van der Waals surface area (Å²) in [6.45, 7) is 4.47. The van der Waals surface area contributed by atoms with Crippen LogP contribution in [0.5, 0.6) is 0 Å². The average Bonchev–Trinajstić information content (AvgIpc) is 3.38. The number of benzene rings is 1. The first-order valence-electron chi connectivity index (χ1n) is 9.61. The number of urea groups is 1. The minimum absolute atomic E-state index is 0.119. The smallest absolute Gasteiger partial charge is 0.317 e. The normalized spacial score (nSPS) is 16.1. The molecule has 10 heteroatoms. The highest BCUT2D eigenvalue weighted by molar-refractivity contribution is 7.13. The number of anilines is 1. The number of hydrogen-bond acceptors (Lipinski definition) is 6. The van der Waals surface area contributed by atoms with Gasteiger partial charge < -0.3 is 20.3 Å². The Bertz CT molecular complexity index is 830. The van der Waals surface area contributed by atoms with E-state index in [0.717, 1.165) is 19.3 Å². The van der Waals surface area contributed by atoms with Gasteiger partial charge >= 0.3 is 6.03 Å². The maximum atomic E-state index is 12.5. The van der Waals surface area contributed by atoms with Crippen LogP contribution in [0.3, 0.4) is 0 Å². The lowest BCUT2D eigenvalue weighted by Gasteiger charge is -2.23. The summed E-state index contributed by atoms with van der Waals surface area (Å²) < 4.78 is 5.28. The number of ether oxygens (including phenoxy) is 1. The standard InChI is InChI=1S/C19H24ClN5O3S/c1-2-28-12-4-10-21-19(27)25-11-3-5-15(25)17-23-24-18(29-17)16(26)22-14-8-6-13(20)7-9-14/h6-9,15H,2-5,10-12H2,1H3,(H,21,27)(H,22,26). The van der Waals surface area contributed by atoms with Crippen LogP contribution < -0.4 is 10.6 Å². The van der Waals surface area contributed by atoms with E-state index in [1.54, 1.807) is 29.2 Å². The van der Waals surface area contributed by atoms with Gasteiger partial charge in [-0.3, -0.25) is 4.79 Å². The number of amides is 3. The molecule has 0 spiro atoms. The molecule has 156 valence electrons. The van der Waals surface area contributed by atoms with Gasteiger partial charge in [0.2, 0.25) is 5.01 Å². The van der Waals surface area contributed by atoms with Crippen LogP contribution in [0.15, 0.2) is 24.3 Å². The minimum atomic E-state index is -0.332. The van der Waals surface area contributed by atoms with Gasteiger partial charge in [0.05, 0.1) is 6.04 Å². The Morgan fingerprint density at radius 3 is 2.86 bits per heavy atom. The summed E-state index contributed by atoms with van der Waals surface area (Å²) in [5.74, 6) is -0.332. The van der Waals surface area contributed by atoms with Gasteiger partial charge in [-0.25, -0.2) is 4.79 Å². The Labute approximate surface area is 178 Å². The summed E-state index contributed by atoms with van der Waals surface area (Å²) in [4.78, 5) is 26.7. The molecule has 29 heavy (non-hydrogen) atoms. The predicted octanol–water partition coefficient (Wildman–Crippen LogP) is 3.72. The van der Waals surface area contributed by atoms with Crippen molar-refractivity contribution in [2.75, 3.05) is 31.6 Å². The molecule has 1 unspecified atom stereocenters. The molecule has 3 rings (SSSR count). The molecule has 2 N–H and O–H groups in total. The van der Waals surface area contributed by atoms with Gasteiger partial charge in [-0.1, -0.05) is 22.9 Å². The van der Waals surface area contributed by atoms with E-state index in [-0.39, 0.29) is 23.0 Å². The molecule has 0 bridgehead atoms. The first-order valence-corrected chi connectivity index (χ1v) is 10.8. The molecule has 1 aromatic heterocycles. The van der Waals surface area contributed by atoms with Crippen LogP contribution in [-0.2, 0) is 4.74 Å². The molecule has 1 aliphatic rings. The SMILES string of the molecule is CCOCCCNC(=O)N1CCCC1c1nnc(C(=O)Nc2ccc(Cl)cc2)s1. The lowest BCUT2D eigenvalue weighted by Crippen LogP contribution is -2.40. The van der Waals surface area contributed by atoms with Gasteiger partial charge in [0.25, 0.3) is 5.91 Å². The van der Waals surface area contributed by atoms with Gasteiger partial charge in [0.1, 0.15) is 5.01 Å². The van der Waals surface area contributed by atoms with Gasteiger partial charge in [-0.15, -0.1) is 10.2 Å². The molecular weight excluding hydrogens is 414 g/mol. The maximum absolute atomic E-state index is 12.5. The lowest BCUT2D eigenvalue weighted by atomic mass is 10.2. The van der Waals surface area contributed by atoms with Crippen LogP contribution in [0.2, 0.25) is 5.02 Å². The van der Waals surface area contributed by atoms with E-state index in [0.29, 0.717) is 42.0 Å². The Balaban J connectivity index is 1.57. The number of nitrogens with zero attached hydrogens (tertiary/aromatic N) is 3. The van der Waals surface area contributed by atoms with Crippen LogP contribution in [0.4, 0.5) is 10.5 Å². The third kappa shape index (κ3) is 5.88. The summed E-state index contributed by atoms with van der Waals surface area (Å²) in [5, 5.41) is 15.4. The van der Waals surface area contributed by atoms with Crippen molar-refractivity contribution in [3.63, 3.8) is 0 Å². The quantitative estimate of drug-likeness (QED) is 0.613. The molecule has 1 saturated heterocycles. The molecule has 0 saturated carbocycles. The highest BCUT2D eigenvalue weighted by atomic mass is 35.5. The molecule has 1 atom stereocenters. The number of nitrogens with one attached hydrogen (secondary N) is 2. The third-order valence-electron chi connectivity index (χ3n) is 4.48. The zero-order valence-electron chi connectivity index (χ0n) is 16.2. The summed E-state index contributed by atoms with van der Waals surface area (Å²) in [7, 11) is 0. The highest BCUT2D eigenvalue weighted by Gasteiger charge is 2.33. The molecule has 3 amide bonds. The Morgan fingerprint density at radius 1 is 1.31 bits per heavy atom. The first kappa shape index (κ1) is 21.5. The molecule has 2 aromatic rings. The summed E-state index contributed by atoms with van der Waals surface area (Å²) in [5.41, 5.74) is 0.630. The maximum Gasteiger partial charge on any atom is 0.317 e. The van der Waals surface area contributed by atoms with Crippen molar-refractivity contribution in [1.82, 2.24) is 20.4 Å². The molecule has 2 heterocycles. The van der Waals surface area contributed by atoms with E-state index < -0.39 is 0 Å². The van der Waals surface area contributed by atoms with Crippen LogP contribution in [0.25, 0.3) is 0 Å². The average molecular weight is 438 g/mol. The van der Waals surface area contributed by atoms with E-state index in [2.05, 4.69) is 20.8 Å². The minimum Gasteiger partial charge on any atom is -0.382 e. The molecule has 1 aromatic carbocycles. The van der Waals surface area contributed by atoms with Crippen LogP contribution >= 0.6 is 22.9 Å². The zero-order chi connectivity index (χ0) is 20.6.